The minimum atomic E-state index is -0.441. The third-order valence-corrected chi connectivity index (χ3v) is 3.15. The summed E-state index contributed by atoms with van der Waals surface area (Å²) >= 11 is 0. The van der Waals surface area contributed by atoms with E-state index in [4.69, 9.17) is 0 Å². The molecule has 0 aromatic carbocycles. The molecule has 92 valence electrons. The highest BCUT2D eigenvalue weighted by molar-refractivity contribution is 5.46. The van der Waals surface area contributed by atoms with E-state index in [2.05, 4.69) is 23.2 Å². The molecular weight excluding hydrogens is 212 g/mol. The van der Waals surface area contributed by atoms with Crippen molar-refractivity contribution < 1.29 is 5.11 Å². The van der Waals surface area contributed by atoms with Crippen LogP contribution in [0.3, 0.4) is 0 Å². The summed E-state index contributed by atoms with van der Waals surface area (Å²) in [6, 6.07) is 6.04. The largest absolute Gasteiger partial charge is 0.387 e. The average molecular weight is 232 g/mol. The molecular formula is C14H20N2O. The van der Waals surface area contributed by atoms with Gasteiger partial charge in [0.1, 0.15) is 5.65 Å². The van der Waals surface area contributed by atoms with E-state index in [1.807, 2.05) is 32.0 Å². The summed E-state index contributed by atoms with van der Waals surface area (Å²) in [5.41, 5.74) is 4.00. The van der Waals surface area contributed by atoms with Gasteiger partial charge in [-0.3, -0.25) is 4.40 Å². The second kappa shape index (κ2) is 4.49. The van der Waals surface area contributed by atoms with E-state index < -0.39 is 6.10 Å². The fourth-order valence-electron chi connectivity index (χ4n) is 2.24. The van der Waals surface area contributed by atoms with Gasteiger partial charge in [-0.2, -0.15) is 0 Å². The maximum atomic E-state index is 10.2. The molecule has 0 amide bonds. The quantitative estimate of drug-likeness (QED) is 0.882. The molecule has 1 unspecified atom stereocenters. The van der Waals surface area contributed by atoms with Crippen LogP contribution in [0.4, 0.5) is 0 Å². The number of aliphatic hydroxyl groups excluding tert-OH is 1. The molecule has 0 bridgehead atoms. The topological polar surface area (TPSA) is 37.5 Å². The molecule has 2 rings (SSSR count). The van der Waals surface area contributed by atoms with E-state index in [1.54, 1.807) is 0 Å². The van der Waals surface area contributed by atoms with Gasteiger partial charge in [-0.25, -0.2) is 4.98 Å². The standard InChI is InChI=1S/C14H20N2O/c1-5-11(17)14-13(9(2)3)15-12-8-6-7-10(4)16(12)14/h6-9,11,17H,5H2,1-4H3. The predicted molar refractivity (Wildman–Crippen MR) is 69.3 cm³/mol. The van der Waals surface area contributed by atoms with Crippen LogP contribution in [0, 0.1) is 6.92 Å². The van der Waals surface area contributed by atoms with Crippen LogP contribution in [-0.2, 0) is 0 Å². The van der Waals surface area contributed by atoms with Crippen LogP contribution in [0.2, 0.25) is 0 Å². The molecule has 3 heteroatoms. The van der Waals surface area contributed by atoms with Crippen molar-refractivity contribution in [1.82, 2.24) is 9.38 Å². The van der Waals surface area contributed by atoms with E-state index in [1.165, 1.54) is 0 Å². The minimum absolute atomic E-state index is 0.325. The minimum Gasteiger partial charge on any atom is -0.387 e. The van der Waals surface area contributed by atoms with Crippen LogP contribution < -0.4 is 0 Å². The fourth-order valence-corrected chi connectivity index (χ4v) is 2.24. The van der Waals surface area contributed by atoms with Crippen LogP contribution in [0.5, 0.6) is 0 Å². The van der Waals surface area contributed by atoms with Gasteiger partial charge in [0.25, 0.3) is 0 Å². The molecule has 1 N–H and O–H groups in total. The third-order valence-electron chi connectivity index (χ3n) is 3.15. The van der Waals surface area contributed by atoms with Gasteiger partial charge >= 0.3 is 0 Å². The van der Waals surface area contributed by atoms with Gasteiger partial charge in [0.2, 0.25) is 0 Å². The molecule has 2 heterocycles. The Morgan fingerprint density at radius 2 is 2.06 bits per heavy atom. The van der Waals surface area contributed by atoms with Gasteiger partial charge in [-0.1, -0.05) is 26.8 Å². The molecule has 2 aromatic rings. The maximum absolute atomic E-state index is 10.2. The molecule has 0 aliphatic carbocycles. The Hall–Kier alpha value is -1.35. The molecule has 0 saturated carbocycles. The van der Waals surface area contributed by atoms with Crippen LogP contribution in [0.15, 0.2) is 18.2 Å². The van der Waals surface area contributed by atoms with E-state index in [9.17, 15) is 5.11 Å². The number of hydrogen-bond donors (Lipinski definition) is 1. The monoisotopic (exact) mass is 232 g/mol. The van der Waals surface area contributed by atoms with Gasteiger partial charge in [0, 0.05) is 5.69 Å². The normalized spacial score (nSPS) is 13.5. The lowest BCUT2D eigenvalue weighted by atomic mass is 10.0. The van der Waals surface area contributed by atoms with Crippen LogP contribution in [-0.4, -0.2) is 14.5 Å². The fraction of sp³-hybridized carbons (Fsp3) is 0.500. The van der Waals surface area contributed by atoms with Crippen LogP contribution in [0.25, 0.3) is 5.65 Å². The second-order valence-electron chi connectivity index (χ2n) is 4.82. The first-order valence-electron chi connectivity index (χ1n) is 6.22. The number of fused-ring (bicyclic) bond motifs is 1. The number of aromatic nitrogens is 2. The Balaban J connectivity index is 2.78. The Kier molecular flexibility index (Phi) is 3.20. The molecule has 2 aromatic heterocycles. The lowest BCUT2D eigenvalue weighted by molar-refractivity contribution is 0.166. The SMILES string of the molecule is CCC(O)c1c(C(C)C)nc2cccc(C)n12. The molecule has 1 atom stereocenters. The van der Waals surface area contributed by atoms with E-state index in [0.717, 1.165) is 22.7 Å². The van der Waals surface area contributed by atoms with Gasteiger partial charge in [-0.15, -0.1) is 0 Å². The van der Waals surface area contributed by atoms with Crippen molar-refractivity contribution >= 4 is 5.65 Å². The molecule has 0 fully saturated rings. The molecule has 0 spiro atoms. The van der Waals surface area contributed by atoms with Crippen LogP contribution >= 0.6 is 0 Å². The predicted octanol–water partition coefficient (Wildman–Crippen LogP) is 3.21. The van der Waals surface area contributed by atoms with Crippen molar-refractivity contribution in [2.45, 2.75) is 46.1 Å². The summed E-state index contributed by atoms with van der Waals surface area (Å²) < 4.78 is 2.07. The first-order chi connectivity index (χ1) is 8.06. The number of hydrogen-bond acceptors (Lipinski definition) is 2. The smallest absolute Gasteiger partial charge is 0.137 e. The van der Waals surface area contributed by atoms with Gasteiger partial charge in [-0.05, 0) is 31.4 Å². The Labute approximate surface area is 102 Å². The summed E-state index contributed by atoms with van der Waals surface area (Å²) in [7, 11) is 0. The number of pyridine rings is 1. The molecule has 0 aliphatic rings. The van der Waals surface area contributed by atoms with Crippen molar-refractivity contribution in [2.24, 2.45) is 0 Å². The highest BCUT2D eigenvalue weighted by atomic mass is 16.3. The average Bonchev–Trinajstić information content (AvgIpc) is 2.69. The zero-order valence-electron chi connectivity index (χ0n) is 10.9. The van der Waals surface area contributed by atoms with Crippen molar-refractivity contribution in [3.8, 4) is 0 Å². The van der Waals surface area contributed by atoms with E-state index >= 15 is 0 Å². The van der Waals surface area contributed by atoms with Crippen molar-refractivity contribution in [2.75, 3.05) is 0 Å². The Bertz CT molecular complexity index is 528. The first kappa shape index (κ1) is 12.1. The molecule has 0 aliphatic heterocycles. The van der Waals surface area contributed by atoms with Crippen molar-refractivity contribution in [1.29, 1.82) is 0 Å². The van der Waals surface area contributed by atoms with Gasteiger partial charge in [0.15, 0.2) is 0 Å². The number of rotatable bonds is 3. The second-order valence-corrected chi connectivity index (χ2v) is 4.82. The summed E-state index contributed by atoms with van der Waals surface area (Å²) in [6.45, 7) is 8.27. The Morgan fingerprint density at radius 3 is 2.65 bits per heavy atom. The van der Waals surface area contributed by atoms with E-state index in [-0.39, 0.29) is 0 Å². The summed E-state index contributed by atoms with van der Waals surface area (Å²) in [5.74, 6) is 0.325. The van der Waals surface area contributed by atoms with Crippen LogP contribution in [0.1, 0.15) is 56.3 Å². The highest BCUT2D eigenvalue weighted by Crippen LogP contribution is 2.28. The number of imidazole rings is 1. The Morgan fingerprint density at radius 1 is 1.35 bits per heavy atom. The molecule has 0 saturated heterocycles. The van der Waals surface area contributed by atoms with Gasteiger partial charge < -0.3 is 5.11 Å². The lowest BCUT2D eigenvalue weighted by Gasteiger charge is -2.13. The number of aliphatic hydroxyl groups is 1. The summed E-state index contributed by atoms with van der Waals surface area (Å²) in [6.07, 6.45) is 0.269. The highest BCUT2D eigenvalue weighted by Gasteiger charge is 2.20. The van der Waals surface area contributed by atoms with E-state index in [0.29, 0.717) is 12.3 Å². The van der Waals surface area contributed by atoms with Crippen molar-refractivity contribution in [3.05, 3.63) is 35.3 Å². The molecule has 17 heavy (non-hydrogen) atoms. The number of nitrogens with zero attached hydrogens (tertiary/aromatic N) is 2. The summed E-state index contributed by atoms with van der Waals surface area (Å²) in [4.78, 5) is 4.64. The molecule has 3 nitrogen and oxygen atoms in total. The maximum Gasteiger partial charge on any atom is 0.137 e. The molecule has 0 radical (unpaired) electrons. The summed E-state index contributed by atoms with van der Waals surface area (Å²) in [5, 5.41) is 10.2. The third kappa shape index (κ3) is 1.95. The van der Waals surface area contributed by atoms with Gasteiger partial charge in [0.05, 0.1) is 17.5 Å². The van der Waals surface area contributed by atoms with Crippen molar-refractivity contribution in [3.63, 3.8) is 0 Å². The lowest BCUT2D eigenvalue weighted by Crippen LogP contribution is -2.06. The first-order valence-corrected chi connectivity index (χ1v) is 6.22. The number of aryl methyl sites for hydroxylation is 1. The zero-order valence-corrected chi connectivity index (χ0v) is 10.9. The zero-order chi connectivity index (χ0) is 12.6.